The Balaban J connectivity index is 2.24. The number of phosphoric ester groups is 1. The van der Waals surface area contributed by atoms with Crippen molar-refractivity contribution in [3.05, 3.63) is 22.7 Å². The average Bonchev–Trinajstić information content (AvgIpc) is 2.70. The minimum absolute atomic E-state index is 0.0216. The maximum atomic E-state index is 11.7. The first-order chi connectivity index (χ1) is 9.67. The number of nitrogens with zero attached hydrogens (tertiary/aromatic N) is 2. The quantitative estimate of drug-likeness (QED) is 0.509. The van der Waals surface area contributed by atoms with Gasteiger partial charge in [0, 0.05) is 12.6 Å². The van der Waals surface area contributed by atoms with Crippen LogP contribution in [0.25, 0.3) is 0 Å². The molecule has 1 aromatic heterocycles. The number of rotatable bonds is 4. The van der Waals surface area contributed by atoms with Crippen LogP contribution >= 0.6 is 7.82 Å². The van der Waals surface area contributed by atoms with Crippen LogP contribution in [0, 0.1) is 0 Å². The van der Waals surface area contributed by atoms with Gasteiger partial charge < -0.3 is 25.4 Å². The van der Waals surface area contributed by atoms with Gasteiger partial charge in [-0.2, -0.15) is 4.98 Å². The number of phosphoric acid groups is 1. The largest absolute Gasteiger partial charge is 0.469 e. The summed E-state index contributed by atoms with van der Waals surface area (Å²) < 4.78 is 22.1. The summed E-state index contributed by atoms with van der Waals surface area (Å²) >= 11 is 0. The summed E-state index contributed by atoms with van der Waals surface area (Å²) in [5.74, 6) is 0.0457. The first-order valence-electron chi connectivity index (χ1n) is 6.09. The molecule has 1 aliphatic rings. The topological polar surface area (TPSA) is 157 Å². The molecule has 0 bridgehead atoms. The van der Waals surface area contributed by atoms with E-state index in [0.29, 0.717) is 0 Å². The Morgan fingerprint density at radius 1 is 1.62 bits per heavy atom. The highest BCUT2D eigenvalue weighted by Gasteiger charge is 2.43. The second kappa shape index (κ2) is 5.84. The number of aliphatic hydroxyl groups excluding tert-OH is 1. The highest BCUT2D eigenvalue weighted by molar-refractivity contribution is 7.46. The molecule has 2 heterocycles. The van der Waals surface area contributed by atoms with E-state index in [2.05, 4.69) is 9.51 Å². The van der Waals surface area contributed by atoms with Crippen LogP contribution in [-0.2, 0) is 13.8 Å². The van der Waals surface area contributed by atoms with Crippen LogP contribution in [0.4, 0.5) is 5.82 Å². The number of hydrogen-bond donors (Lipinski definition) is 4. The zero-order valence-corrected chi connectivity index (χ0v) is 12.0. The van der Waals surface area contributed by atoms with Gasteiger partial charge in [0.05, 0.1) is 6.10 Å². The third kappa shape index (κ3) is 3.88. The van der Waals surface area contributed by atoms with E-state index in [1.54, 1.807) is 0 Å². The third-order valence-corrected chi connectivity index (χ3v) is 3.57. The smallest absolute Gasteiger partial charge is 0.391 e. The normalized spacial score (nSPS) is 27.7. The van der Waals surface area contributed by atoms with E-state index in [9.17, 15) is 14.5 Å². The summed E-state index contributed by atoms with van der Waals surface area (Å²) in [5, 5.41) is 9.62. The lowest BCUT2D eigenvalue weighted by molar-refractivity contribution is -0.0759. The average molecular weight is 321 g/mol. The molecule has 0 aliphatic carbocycles. The van der Waals surface area contributed by atoms with Crippen LogP contribution in [0.3, 0.4) is 0 Å². The van der Waals surface area contributed by atoms with Gasteiger partial charge in [-0.3, -0.25) is 9.09 Å². The molecule has 1 fully saturated rings. The zero-order valence-electron chi connectivity index (χ0n) is 11.1. The second-order valence-electron chi connectivity index (χ2n) is 4.71. The van der Waals surface area contributed by atoms with E-state index in [0.717, 1.165) is 4.57 Å². The molecular formula is C10H16N3O7P. The third-order valence-electron chi connectivity index (χ3n) is 3.02. The molecule has 1 unspecified atom stereocenters. The van der Waals surface area contributed by atoms with Crippen LogP contribution in [0.2, 0.25) is 0 Å². The second-order valence-corrected chi connectivity index (χ2v) is 5.90. The Morgan fingerprint density at radius 2 is 2.29 bits per heavy atom. The van der Waals surface area contributed by atoms with Gasteiger partial charge in [0.25, 0.3) is 0 Å². The summed E-state index contributed by atoms with van der Waals surface area (Å²) in [6, 6.07) is 1.39. The molecule has 11 heteroatoms. The molecule has 4 atom stereocenters. The fraction of sp³-hybridized carbons (Fsp3) is 0.600. The van der Waals surface area contributed by atoms with E-state index in [1.807, 2.05) is 0 Å². The monoisotopic (exact) mass is 321 g/mol. The molecule has 2 rings (SSSR count). The van der Waals surface area contributed by atoms with Crippen molar-refractivity contribution in [2.75, 3.05) is 5.73 Å². The van der Waals surface area contributed by atoms with E-state index < -0.39 is 38.1 Å². The van der Waals surface area contributed by atoms with Gasteiger partial charge in [-0.15, -0.1) is 0 Å². The summed E-state index contributed by atoms with van der Waals surface area (Å²) in [5.41, 5.74) is 4.71. The molecule has 0 spiro atoms. The van der Waals surface area contributed by atoms with E-state index in [1.165, 1.54) is 19.2 Å². The Morgan fingerprint density at radius 3 is 2.81 bits per heavy atom. The Bertz CT molecular complexity index is 613. The highest BCUT2D eigenvalue weighted by Crippen LogP contribution is 2.44. The summed E-state index contributed by atoms with van der Waals surface area (Å²) in [7, 11) is -4.74. The van der Waals surface area contributed by atoms with Crippen molar-refractivity contribution < 1.29 is 28.7 Å². The number of hydrogen-bond acceptors (Lipinski definition) is 7. The molecule has 0 radical (unpaired) electrons. The molecule has 0 saturated carbocycles. The first-order valence-corrected chi connectivity index (χ1v) is 7.62. The number of aliphatic hydroxyl groups is 1. The van der Waals surface area contributed by atoms with Crippen molar-refractivity contribution in [3.8, 4) is 0 Å². The van der Waals surface area contributed by atoms with Crippen molar-refractivity contribution in [2.45, 2.75) is 37.9 Å². The van der Waals surface area contributed by atoms with Crippen molar-refractivity contribution in [3.63, 3.8) is 0 Å². The number of anilines is 1. The van der Waals surface area contributed by atoms with E-state index in [4.69, 9.17) is 20.3 Å². The fourth-order valence-electron chi connectivity index (χ4n) is 2.19. The van der Waals surface area contributed by atoms with E-state index in [-0.39, 0.29) is 12.2 Å². The van der Waals surface area contributed by atoms with Gasteiger partial charge in [-0.05, 0) is 13.0 Å². The maximum Gasteiger partial charge on any atom is 0.469 e. The number of ether oxygens (including phenoxy) is 1. The van der Waals surface area contributed by atoms with Gasteiger partial charge >= 0.3 is 13.5 Å². The van der Waals surface area contributed by atoms with Crippen molar-refractivity contribution in [2.24, 2.45) is 0 Å². The molecule has 1 saturated heterocycles. The summed E-state index contributed by atoms with van der Waals surface area (Å²) in [6.45, 7) is 1.40. The van der Waals surface area contributed by atoms with Crippen LogP contribution in [0.1, 0.15) is 19.6 Å². The van der Waals surface area contributed by atoms with Gasteiger partial charge in [0.1, 0.15) is 24.3 Å². The first kappa shape index (κ1) is 16.1. The molecule has 0 amide bonds. The Kier molecular flexibility index (Phi) is 4.47. The Labute approximate surface area is 119 Å². The molecule has 21 heavy (non-hydrogen) atoms. The van der Waals surface area contributed by atoms with Gasteiger partial charge in [0.15, 0.2) is 0 Å². The lowest BCUT2D eigenvalue weighted by Gasteiger charge is -2.21. The number of nitrogens with two attached hydrogens (primary N) is 1. The molecule has 1 aliphatic heterocycles. The van der Waals surface area contributed by atoms with Gasteiger partial charge in [-0.25, -0.2) is 9.36 Å². The summed E-state index contributed by atoms with van der Waals surface area (Å²) in [4.78, 5) is 33.0. The fourth-order valence-corrected chi connectivity index (χ4v) is 2.74. The lowest BCUT2D eigenvalue weighted by atomic mass is 10.1. The van der Waals surface area contributed by atoms with Gasteiger partial charge in [-0.1, -0.05) is 0 Å². The predicted octanol–water partition coefficient (Wildman–Crippen LogP) is -1.03. The van der Waals surface area contributed by atoms with Crippen molar-refractivity contribution in [1.29, 1.82) is 0 Å². The number of aromatic nitrogens is 2. The maximum absolute atomic E-state index is 11.7. The SMILES string of the molecule is CC(O)[C@H]1O[C@@H](n2ccc(N)nc2=O)C[C@@H]1OP(=O)(O)O. The standard InChI is InChI=1S/C10H16N3O7P/c1-5(14)9-6(20-21(16,17)18)4-8(19-9)13-3-2-7(11)12-10(13)15/h2-3,5-6,8-9,14H,4H2,1H3,(H2,11,12,15)(H2,16,17,18)/t5?,6-,8+,9+/m0/s1. The van der Waals surface area contributed by atoms with Crippen molar-refractivity contribution >= 4 is 13.6 Å². The highest BCUT2D eigenvalue weighted by atomic mass is 31.2. The van der Waals surface area contributed by atoms with Crippen LogP contribution < -0.4 is 11.4 Å². The van der Waals surface area contributed by atoms with Crippen molar-refractivity contribution in [1.82, 2.24) is 9.55 Å². The van der Waals surface area contributed by atoms with Crippen LogP contribution in [-0.4, -0.2) is 42.8 Å². The molecule has 5 N–H and O–H groups in total. The minimum atomic E-state index is -4.74. The molecular weight excluding hydrogens is 305 g/mol. The molecule has 10 nitrogen and oxygen atoms in total. The molecule has 1 aromatic rings. The van der Waals surface area contributed by atoms with Crippen LogP contribution in [0.5, 0.6) is 0 Å². The lowest BCUT2D eigenvalue weighted by Crippen LogP contribution is -2.33. The van der Waals surface area contributed by atoms with Gasteiger partial charge in [0.2, 0.25) is 0 Å². The Hall–Kier alpha value is -1.29. The predicted molar refractivity (Wildman–Crippen MR) is 70.0 cm³/mol. The minimum Gasteiger partial charge on any atom is -0.391 e. The molecule has 0 aromatic carbocycles. The summed E-state index contributed by atoms with van der Waals surface area (Å²) in [6.07, 6.45) is -2.60. The van der Waals surface area contributed by atoms with E-state index >= 15 is 0 Å². The van der Waals surface area contributed by atoms with Crippen LogP contribution in [0.15, 0.2) is 17.1 Å². The zero-order chi connectivity index (χ0) is 15.8. The molecule has 118 valence electrons. The number of nitrogen functional groups attached to an aromatic ring is 1.